The van der Waals surface area contributed by atoms with E-state index in [1.165, 1.54) is 12.1 Å². The molecule has 1 aromatic carbocycles. The molecular weight excluding hydrogens is 313 g/mol. The quantitative estimate of drug-likeness (QED) is 0.734. The van der Waals surface area contributed by atoms with Crippen molar-refractivity contribution in [1.29, 1.82) is 0 Å². The summed E-state index contributed by atoms with van der Waals surface area (Å²) in [5, 5.41) is 11.8. The number of anilines is 1. The first kappa shape index (κ1) is 14.4. The maximum atomic E-state index is 12.0. The van der Waals surface area contributed by atoms with Gasteiger partial charge >= 0.3 is 0 Å². The molecule has 6 nitrogen and oxygen atoms in total. The van der Waals surface area contributed by atoms with Crippen LogP contribution in [0.3, 0.4) is 0 Å². The van der Waals surface area contributed by atoms with Crippen molar-refractivity contribution in [3.05, 3.63) is 22.2 Å². The van der Waals surface area contributed by atoms with Gasteiger partial charge in [0, 0.05) is 18.2 Å². The summed E-state index contributed by atoms with van der Waals surface area (Å²) in [5.74, 6) is 0.0827. The Kier molecular flexibility index (Phi) is 4.19. The zero-order valence-corrected chi connectivity index (χ0v) is 12.0. The molecule has 0 aliphatic carbocycles. The number of nitrogens with zero attached hydrogens (tertiary/aromatic N) is 1. The van der Waals surface area contributed by atoms with E-state index in [-0.39, 0.29) is 28.2 Å². The predicted octanol–water partition coefficient (Wildman–Crippen LogP) is 1.44. The second kappa shape index (κ2) is 5.54. The lowest BCUT2D eigenvalue weighted by atomic mass is 10.3. The molecule has 0 unspecified atom stereocenters. The van der Waals surface area contributed by atoms with Crippen molar-refractivity contribution < 1.29 is 13.5 Å². The normalized spacial score (nSPS) is 18.6. The van der Waals surface area contributed by atoms with Gasteiger partial charge in [-0.3, -0.25) is 4.99 Å². The molecule has 19 heavy (non-hydrogen) atoms. The number of aliphatic imine (C=N–C) groups is 1. The van der Waals surface area contributed by atoms with Crippen LogP contribution in [0.25, 0.3) is 0 Å². The lowest BCUT2D eigenvalue weighted by Gasteiger charge is -2.22. The predicted molar refractivity (Wildman–Crippen MR) is 74.4 cm³/mol. The van der Waals surface area contributed by atoms with E-state index < -0.39 is 10.0 Å². The highest BCUT2D eigenvalue weighted by Crippen LogP contribution is 2.34. The first-order valence-corrected chi connectivity index (χ1v) is 7.62. The maximum Gasteiger partial charge on any atom is 0.267 e. The van der Waals surface area contributed by atoms with Gasteiger partial charge in [-0.2, -0.15) is 0 Å². The monoisotopic (exact) mass is 323 g/mol. The van der Waals surface area contributed by atoms with E-state index in [0.717, 1.165) is 0 Å². The van der Waals surface area contributed by atoms with Gasteiger partial charge in [-0.15, -0.1) is 0 Å². The van der Waals surface area contributed by atoms with Gasteiger partial charge in [0.25, 0.3) is 10.0 Å². The number of hydrogen-bond donors (Lipinski definition) is 3. The second-order valence-corrected chi connectivity index (χ2v) is 6.27. The minimum absolute atomic E-state index is 0.0161. The molecule has 0 radical (unpaired) electrons. The Labute approximate surface area is 120 Å². The van der Waals surface area contributed by atoms with E-state index in [9.17, 15) is 8.42 Å². The van der Waals surface area contributed by atoms with Gasteiger partial charge in [0.2, 0.25) is 5.96 Å². The minimum atomic E-state index is -3.77. The first-order valence-electron chi connectivity index (χ1n) is 5.38. The summed E-state index contributed by atoms with van der Waals surface area (Å²) in [5.41, 5.74) is 0.277. The summed E-state index contributed by atoms with van der Waals surface area (Å²) in [4.78, 5) is 3.94. The summed E-state index contributed by atoms with van der Waals surface area (Å²) in [7, 11) is -3.77. The zero-order valence-electron chi connectivity index (χ0n) is 9.65. The molecule has 1 aromatic rings. The third kappa shape index (κ3) is 3.11. The number of nitrogens with one attached hydrogen (secondary N) is 2. The molecule has 0 amide bonds. The van der Waals surface area contributed by atoms with Crippen LogP contribution in [0.5, 0.6) is 0 Å². The molecule has 9 heteroatoms. The van der Waals surface area contributed by atoms with Gasteiger partial charge in [0.1, 0.15) is 4.90 Å². The number of aliphatic hydroxyl groups excluding tert-OH is 1. The van der Waals surface area contributed by atoms with Crippen LogP contribution in [0.1, 0.15) is 6.42 Å². The van der Waals surface area contributed by atoms with Gasteiger partial charge in [-0.05, 0) is 18.6 Å². The summed E-state index contributed by atoms with van der Waals surface area (Å²) < 4.78 is 26.3. The van der Waals surface area contributed by atoms with Crippen LogP contribution in [0.4, 0.5) is 5.69 Å². The molecule has 1 heterocycles. The van der Waals surface area contributed by atoms with E-state index >= 15 is 0 Å². The van der Waals surface area contributed by atoms with Gasteiger partial charge in [-0.25, -0.2) is 13.1 Å². The highest BCUT2D eigenvalue weighted by molar-refractivity contribution is 7.90. The highest BCUT2D eigenvalue weighted by Gasteiger charge is 2.29. The Morgan fingerprint density at radius 3 is 2.74 bits per heavy atom. The Bertz CT molecular complexity index is 631. The molecule has 1 aliphatic rings. The Balaban J connectivity index is 2.42. The Hall–Kier alpha value is -1.02. The molecule has 0 saturated carbocycles. The number of benzene rings is 1. The van der Waals surface area contributed by atoms with E-state index in [0.29, 0.717) is 18.0 Å². The van der Waals surface area contributed by atoms with E-state index in [4.69, 9.17) is 28.3 Å². The van der Waals surface area contributed by atoms with Crippen molar-refractivity contribution in [3.63, 3.8) is 0 Å². The summed E-state index contributed by atoms with van der Waals surface area (Å²) in [6, 6.07) is 2.82. The molecular formula is C10H11Cl2N3O3S. The molecule has 2 rings (SSSR count). The smallest absolute Gasteiger partial charge is 0.267 e. The second-order valence-electron chi connectivity index (χ2n) is 3.80. The van der Waals surface area contributed by atoms with Crippen molar-refractivity contribution in [1.82, 2.24) is 4.72 Å². The van der Waals surface area contributed by atoms with Crippen molar-refractivity contribution in [2.24, 2.45) is 4.99 Å². The highest BCUT2D eigenvalue weighted by atomic mass is 35.5. The Morgan fingerprint density at radius 2 is 2.05 bits per heavy atom. The molecule has 0 aromatic heterocycles. The molecule has 3 N–H and O–H groups in total. The molecule has 0 fully saturated rings. The lowest BCUT2D eigenvalue weighted by molar-refractivity contribution is 0.291. The summed E-state index contributed by atoms with van der Waals surface area (Å²) >= 11 is 11.7. The first-order chi connectivity index (χ1) is 8.94. The van der Waals surface area contributed by atoms with Crippen LogP contribution in [-0.4, -0.2) is 32.6 Å². The van der Waals surface area contributed by atoms with Crippen LogP contribution >= 0.6 is 23.2 Å². The van der Waals surface area contributed by atoms with Gasteiger partial charge in [0.15, 0.2) is 0 Å². The number of sulfonamides is 1. The van der Waals surface area contributed by atoms with Gasteiger partial charge < -0.3 is 10.4 Å². The molecule has 104 valence electrons. The van der Waals surface area contributed by atoms with E-state index in [1.807, 2.05) is 0 Å². The van der Waals surface area contributed by atoms with Crippen molar-refractivity contribution in [2.45, 2.75) is 11.3 Å². The topological polar surface area (TPSA) is 90.8 Å². The number of fused-ring (bicyclic) bond motifs is 1. The number of aliphatic hydroxyl groups is 1. The molecule has 0 atom stereocenters. The van der Waals surface area contributed by atoms with Gasteiger partial charge in [-0.1, -0.05) is 23.2 Å². The lowest BCUT2D eigenvalue weighted by Crippen LogP contribution is -2.41. The van der Waals surface area contributed by atoms with Crippen LogP contribution < -0.4 is 10.0 Å². The standard InChI is InChI=1S/C10H11Cl2N3O3S/c11-6-4-7(12)9-8(5-6)14-10(13-2-1-3-16)15-19(9,17)18/h4-5,16H,1-3H2,(H2,13,14,15). The Morgan fingerprint density at radius 1 is 1.32 bits per heavy atom. The van der Waals surface area contributed by atoms with E-state index in [1.54, 1.807) is 0 Å². The molecule has 0 spiro atoms. The van der Waals surface area contributed by atoms with Gasteiger partial charge in [0.05, 0.1) is 10.7 Å². The van der Waals surface area contributed by atoms with Crippen LogP contribution in [-0.2, 0) is 10.0 Å². The molecule has 0 saturated heterocycles. The van der Waals surface area contributed by atoms with Crippen molar-refractivity contribution >= 4 is 44.9 Å². The largest absolute Gasteiger partial charge is 0.396 e. The average molecular weight is 324 g/mol. The van der Waals surface area contributed by atoms with Crippen molar-refractivity contribution in [2.75, 3.05) is 18.5 Å². The fourth-order valence-corrected chi connectivity index (χ4v) is 3.58. The number of guanidine groups is 1. The average Bonchev–Trinajstić information content (AvgIpc) is 2.26. The zero-order chi connectivity index (χ0) is 14.0. The number of halogens is 2. The number of rotatable bonds is 3. The third-order valence-corrected chi connectivity index (χ3v) is 4.42. The van der Waals surface area contributed by atoms with Crippen LogP contribution in [0, 0.1) is 0 Å². The van der Waals surface area contributed by atoms with E-state index in [2.05, 4.69) is 15.0 Å². The maximum absolute atomic E-state index is 12.0. The molecule has 1 aliphatic heterocycles. The fraction of sp³-hybridized carbons (Fsp3) is 0.300. The number of hydrogen-bond acceptors (Lipinski definition) is 4. The van der Waals surface area contributed by atoms with Crippen molar-refractivity contribution in [3.8, 4) is 0 Å². The fourth-order valence-electron chi connectivity index (χ4n) is 1.59. The summed E-state index contributed by atoms with van der Waals surface area (Å²) in [6.45, 7) is 0.281. The summed E-state index contributed by atoms with van der Waals surface area (Å²) in [6.07, 6.45) is 0.441. The molecule has 0 bridgehead atoms. The van der Waals surface area contributed by atoms with Crippen LogP contribution in [0.2, 0.25) is 10.0 Å². The SMILES string of the molecule is O=S1(=O)NC(=NCCCO)Nc2cc(Cl)cc(Cl)c21. The minimum Gasteiger partial charge on any atom is -0.396 e. The third-order valence-electron chi connectivity index (χ3n) is 2.35. The van der Waals surface area contributed by atoms with Crippen LogP contribution in [0.15, 0.2) is 22.0 Å².